The molecule has 2 fully saturated rings. The fourth-order valence-electron chi connectivity index (χ4n) is 5.64. The second-order valence-electron chi connectivity index (χ2n) is 9.58. The number of fused-ring (bicyclic) bond motifs is 4. The summed E-state index contributed by atoms with van der Waals surface area (Å²) < 4.78 is 2.61. The number of aryl methyl sites for hydroxylation is 1. The van der Waals surface area contributed by atoms with E-state index in [0.717, 1.165) is 19.1 Å². The number of allylic oxidation sites excluding steroid dienone is 3. The van der Waals surface area contributed by atoms with Crippen LogP contribution in [-0.4, -0.2) is 47.1 Å². The first-order chi connectivity index (χ1) is 14.1. The van der Waals surface area contributed by atoms with Crippen LogP contribution >= 0.6 is 0 Å². The predicted molar refractivity (Wildman–Crippen MR) is 122 cm³/mol. The summed E-state index contributed by atoms with van der Waals surface area (Å²) in [6.45, 7) is 10.3. The Morgan fingerprint density at radius 1 is 1.17 bits per heavy atom. The minimum atomic E-state index is 0.772. The van der Waals surface area contributed by atoms with E-state index in [4.69, 9.17) is 0 Å². The Kier molecular flexibility index (Phi) is 5.13. The van der Waals surface area contributed by atoms with Crippen LogP contribution < -0.4 is 0 Å². The summed E-state index contributed by atoms with van der Waals surface area (Å²) in [7, 11) is 2.23. The van der Waals surface area contributed by atoms with Crippen molar-refractivity contribution in [2.75, 3.05) is 26.7 Å². The van der Waals surface area contributed by atoms with Crippen LogP contribution in [0.5, 0.6) is 0 Å². The van der Waals surface area contributed by atoms with Gasteiger partial charge in [0.2, 0.25) is 0 Å². The van der Waals surface area contributed by atoms with Crippen molar-refractivity contribution in [1.29, 1.82) is 0 Å². The Labute approximate surface area is 175 Å². The second-order valence-corrected chi connectivity index (χ2v) is 9.58. The standard InChI is InChI=1S/C26H35N3/c1-19-6-7-25-23(16-19)24-17-22-5-4-11-28(22)18-26(24)29(25)14-8-20(2)15-21-9-12-27(3)13-10-21/h6-8,15-16,22H,4-5,9-14,17-18H2,1-3H3. The Morgan fingerprint density at radius 2 is 2.00 bits per heavy atom. The van der Waals surface area contributed by atoms with Gasteiger partial charge in [0, 0.05) is 48.8 Å². The molecule has 0 bridgehead atoms. The lowest BCUT2D eigenvalue weighted by molar-refractivity contribution is 0.222. The molecule has 5 rings (SSSR count). The van der Waals surface area contributed by atoms with Crippen molar-refractivity contribution in [2.24, 2.45) is 0 Å². The van der Waals surface area contributed by atoms with Crippen LogP contribution in [0.4, 0.5) is 0 Å². The maximum atomic E-state index is 2.72. The fourth-order valence-corrected chi connectivity index (χ4v) is 5.64. The minimum absolute atomic E-state index is 0.772. The molecule has 3 heteroatoms. The lowest BCUT2D eigenvalue weighted by atomic mass is 9.96. The van der Waals surface area contributed by atoms with Gasteiger partial charge in [-0.05, 0) is 77.2 Å². The molecule has 3 aliphatic heterocycles. The van der Waals surface area contributed by atoms with Gasteiger partial charge in [-0.25, -0.2) is 0 Å². The maximum Gasteiger partial charge on any atom is 0.0488 e. The zero-order chi connectivity index (χ0) is 20.0. The molecule has 29 heavy (non-hydrogen) atoms. The van der Waals surface area contributed by atoms with Gasteiger partial charge in [0.25, 0.3) is 0 Å². The number of rotatable bonds is 3. The quantitative estimate of drug-likeness (QED) is 0.726. The first-order valence-electron chi connectivity index (χ1n) is 11.5. The Morgan fingerprint density at radius 3 is 2.83 bits per heavy atom. The van der Waals surface area contributed by atoms with Gasteiger partial charge in [-0.1, -0.05) is 34.9 Å². The molecule has 0 radical (unpaired) electrons. The second kappa shape index (κ2) is 7.77. The third-order valence-corrected chi connectivity index (χ3v) is 7.39. The van der Waals surface area contributed by atoms with E-state index in [-0.39, 0.29) is 0 Å². The van der Waals surface area contributed by atoms with Crippen LogP contribution in [0.2, 0.25) is 0 Å². The Balaban J connectivity index is 1.46. The zero-order valence-electron chi connectivity index (χ0n) is 18.4. The van der Waals surface area contributed by atoms with Crippen LogP contribution in [0, 0.1) is 6.92 Å². The predicted octanol–water partition coefficient (Wildman–Crippen LogP) is 5.07. The minimum Gasteiger partial charge on any atom is -0.339 e. The first-order valence-corrected chi connectivity index (χ1v) is 11.5. The summed E-state index contributed by atoms with van der Waals surface area (Å²) in [5, 5.41) is 1.51. The molecular formula is C26H35N3. The van der Waals surface area contributed by atoms with E-state index in [0.29, 0.717) is 0 Å². The first kappa shape index (κ1) is 19.1. The summed E-state index contributed by atoms with van der Waals surface area (Å²) in [5.41, 5.74) is 9.04. The van der Waals surface area contributed by atoms with Gasteiger partial charge in [-0.2, -0.15) is 0 Å². The van der Waals surface area contributed by atoms with E-state index in [2.05, 4.69) is 65.6 Å². The van der Waals surface area contributed by atoms with E-state index < -0.39 is 0 Å². The molecule has 3 nitrogen and oxygen atoms in total. The van der Waals surface area contributed by atoms with Crippen molar-refractivity contribution in [1.82, 2.24) is 14.4 Å². The molecule has 1 atom stereocenters. The Bertz CT molecular complexity index is 967. The molecule has 2 aromatic rings. The third-order valence-electron chi connectivity index (χ3n) is 7.39. The largest absolute Gasteiger partial charge is 0.339 e. The highest BCUT2D eigenvalue weighted by Crippen LogP contribution is 2.37. The highest BCUT2D eigenvalue weighted by molar-refractivity contribution is 5.86. The smallest absolute Gasteiger partial charge is 0.0488 e. The number of hydrogen-bond acceptors (Lipinski definition) is 2. The molecule has 3 aliphatic rings. The van der Waals surface area contributed by atoms with Gasteiger partial charge in [0.15, 0.2) is 0 Å². The highest BCUT2D eigenvalue weighted by Gasteiger charge is 2.33. The average Bonchev–Trinajstić information content (AvgIpc) is 3.28. The molecule has 2 saturated heterocycles. The van der Waals surface area contributed by atoms with Gasteiger partial charge in [-0.15, -0.1) is 0 Å². The molecule has 154 valence electrons. The van der Waals surface area contributed by atoms with E-state index in [1.807, 2.05) is 0 Å². The number of aromatic nitrogens is 1. The molecule has 4 heterocycles. The molecule has 0 spiro atoms. The van der Waals surface area contributed by atoms with Crippen molar-refractivity contribution in [3.63, 3.8) is 0 Å². The summed E-state index contributed by atoms with van der Waals surface area (Å²) in [5.74, 6) is 0. The van der Waals surface area contributed by atoms with E-state index in [1.54, 1.807) is 16.8 Å². The topological polar surface area (TPSA) is 11.4 Å². The number of benzene rings is 1. The van der Waals surface area contributed by atoms with Gasteiger partial charge >= 0.3 is 0 Å². The fraction of sp³-hybridized carbons (Fsp3) is 0.538. The Hall–Kier alpha value is -1.84. The molecule has 0 N–H and O–H groups in total. The monoisotopic (exact) mass is 389 g/mol. The highest BCUT2D eigenvalue weighted by atomic mass is 15.2. The van der Waals surface area contributed by atoms with E-state index in [9.17, 15) is 0 Å². The van der Waals surface area contributed by atoms with Crippen LogP contribution in [0.3, 0.4) is 0 Å². The molecular weight excluding hydrogens is 354 g/mol. The van der Waals surface area contributed by atoms with Crippen LogP contribution in [-0.2, 0) is 19.5 Å². The lowest BCUT2D eigenvalue weighted by Crippen LogP contribution is -2.35. The van der Waals surface area contributed by atoms with E-state index >= 15 is 0 Å². The van der Waals surface area contributed by atoms with Crippen LogP contribution in [0.1, 0.15) is 49.4 Å². The SMILES string of the molecule is CC(=CCn1c2c(c3cc(C)ccc31)CC1CCCN1C2)C=C1CCN(C)CC1. The van der Waals surface area contributed by atoms with Crippen molar-refractivity contribution < 1.29 is 0 Å². The average molecular weight is 390 g/mol. The molecule has 1 aromatic carbocycles. The zero-order valence-corrected chi connectivity index (χ0v) is 18.4. The van der Waals surface area contributed by atoms with Gasteiger partial charge in [0.1, 0.15) is 0 Å². The molecule has 1 unspecified atom stereocenters. The summed E-state index contributed by atoms with van der Waals surface area (Å²) in [4.78, 5) is 5.16. The molecule has 0 saturated carbocycles. The molecule has 0 aliphatic carbocycles. The van der Waals surface area contributed by atoms with Gasteiger partial charge in [0.05, 0.1) is 0 Å². The third kappa shape index (κ3) is 3.71. The molecule has 0 amide bonds. The van der Waals surface area contributed by atoms with Gasteiger partial charge < -0.3 is 9.47 Å². The summed E-state index contributed by atoms with van der Waals surface area (Å²) in [6, 6.07) is 7.83. The van der Waals surface area contributed by atoms with Crippen molar-refractivity contribution in [2.45, 2.75) is 65.1 Å². The normalized spacial score (nSPS) is 23.5. The van der Waals surface area contributed by atoms with Crippen molar-refractivity contribution in [3.8, 4) is 0 Å². The number of likely N-dealkylation sites (tertiary alicyclic amines) is 1. The summed E-state index contributed by atoms with van der Waals surface area (Å²) >= 11 is 0. The molecule has 1 aromatic heterocycles. The summed E-state index contributed by atoms with van der Waals surface area (Å²) in [6.07, 6.45) is 11.3. The van der Waals surface area contributed by atoms with E-state index in [1.165, 1.54) is 73.8 Å². The van der Waals surface area contributed by atoms with Crippen LogP contribution in [0.25, 0.3) is 10.9 Å². The van der Waals surface area contributed by atoms with Crippen LogP contribution in [0.15, 0.2) is 41.5 Å². The van der Waals surface area contributed by atoms with Gasteiger partial charge in [-0.3, -0.25) is 4.90 Å². The maximum absolute atomic E-state index is 2.72. The number of piperidine rings is 1. The van der Waals surface area contributed by atoms with Crippen molar-refractivity contribution >= 4 is 10.9 Å². The van der Waals surface area contributed by atoms with Crippen molar-refractivity contribution in [3.05, 3.63) is 58.3 Å². The lowest BCUT2D eigenvalue weighted by Gasteiger charge is -2.30. The number of hydrogen-bond donors (Lipinski definition) is 0. The number of nitrogens with zero attached hydrogens (tertiary/aromatic N) is 3.